The highest BCUT2D eigenvalue weighted by atomic mass is 16.5. The van der Waals surface area contributed by atoms with Gasteiger partial charge in [-0.1, -0.05) is 13.8 Å². The summed E-state index contributed by atoms with van der Waals surface area (Å²) in [5.41, 5.74) is 0. The predicted molar refractivity (Wildman–Crippen MR) is 93.9 cm³/mol. The van der Waals surface area contributed by atoms with E-state index in [0.29, 0.717) is 26.1 Å². The van der Waals surface area contributed by atoms with E-state index in [1.165, 1.54) is 0 Å². The first-order chi connectivity index (χ1) is 12.6. The first-order valence-corrected chi connectivity index (χ1v) is 9.02. The van der Waals surface area contributed by atoms with Crippen molar-refractivity contribution in [1.29, 1.82) is 10.5 Å². The van der Waals surface area contributed by atoms with Gasteiger partial charge in [-0.3, -0.25) is 9.59 Å². The molecule has 0 aliphatic heterocycles. The van der Waals surface area contributed by atoms with E-state index in [9.17, 15) is 9.59 Å². The van der Waals surface area contributed by atoms with Crippen molar-refractivity contribution in [1.82, 2.24) is 0 Å². The highest BCUT2D eigenvalue weighted by Gasteiger charge is 2.17. The molecule has 0 aromatic heterocycles. The van der Waals surface area contributed by atoms with Gasteiger partial charge in [-0.25, -0.2) is 0 Å². The van der Waals surface area contributed by atoms with Crippen molar-refractivity contribution in [2.75, 3.05) is 13.2 Å². The van der Waals surface area contributed by atoms with E-state index >= 15 is 0 Å². The van der Waals surface area contributed by atoms with Crippen LogP contribution in [0.5, 0.6) is 0 Å². The Kier molecular flexibility index (Phi) is 14.5. The zero-order chi connectivity index (χ0) is 19.6. The molecular formula is C18H28N4O4. The van der Waals surface area contributed by atoms with E-state index in [1.807, 2.05) is 26.0 Å². The number of nitriles is 2. The number of azo groups is 1. The second kappa shape index (κ2) is 16.0. The fraction of sp³-hybridized carbons (Fsp3) is 0.778. The normalized spacial score (nSPS) is 12.8. The molecular weight excluding hydrogens is 336 g/mol. The Morgan fingerprint density at radius 2 is 1.23 bits per heavy atom. The minimum Gasteiger partial charge on any atom is -0.466 e. The minimum atomic E-state index is -0.477. The maximum absolute atomic E-state index is 11.8. The summed E-state index contributed by atoms with van der Waals surface area (Å²) >= 11 is 0. The lowest BCUT2D eigenvalue weighted by Gasteiger charge is -2.13. The molecule has 0 bridgehead atoms. The van der Waals surface area contributed by atoms with E-state index in [1.54, 1.807) is 0 Å². The van der Waals surface area contributed by atoms with Gasteiger partial charge in [0.15, 0.2) is 0 Å². The van der Waals surface area contributed by atoms with Crippen molar-refractivity contribution in [2.45, 2.75) is 77.3 Å². The Labute approximate surface area is 155 Å². The summed E-state index contributed by atoms with van der Waals surface area (Å²) in [4.78, 5) is 23.5. The van der Waals surface area contributed by atoms with Crippen LogP contribution >= 0.6 is 0 Å². The molecule has 0 aromatic rings. The highest BCUT2D eigenvalue weighted by molar-refractivity contribution is 5.70. The molecule has 0 spiro atoms. The zero-order valence-electron chi connectivity index (χ0n) is 15.6. The fourth-order valence-electron chi connectivity index (χ4n) is 1.99. The first-order valence-electron chi connectivity index (χ1n) is 9.02. The van der Waals surface area contributed by atoms with Crippen LogP contribution in [-0.4, -0.2) is 37.2 Å². The Hall–Kier alpha value is -2.48. The van der Waals surface area contributed by atoms with Crippen molar-refractivity contribution in [3.05, 3.63) is 0 Å². The van der Waals surface area contributed by atoms with Crippen LogP contribution < -0.4 is 0 Å². The number of esters is 2. The third-order valence-corrected chi connectivity index (χ3v) is 3.31. The second-order valence-corrected chi connectivity index (χ2v) is 5.78. The maximum Gasteiger partial charge on any atom is 0.308 e. The molecule has 8 heteroatoms. The van der Waals surface area contributed by atoms with Crippen LogP contribution in [0.4, 0.5) is 0 Å². The largest absolute Gasteiger partial charge is 0.466 e. The van der Waals surface area contributed by atoms with Gasteiger partial charge in [0.05, 0.1) is 50.3 Å². The van der Waals surface area contributed by atoms with E-state index < -0.39 is 12.1 Å². The first kappa shape index (κ1) is 23.5. The molecule has 0 N–H and O–H groups in total. The van der Waals surface area contributed by atoms with Crippen molar-refractivity contribution in [2.24, 2.45) is 10.2 Å². The molecule has 2 unspecified atom stereocenters. The van der Waals surface area contributed by atoms with Crippen molar-refractivity contribution in [3.63, 3.8) is 0 Å². The van der Waals surface area contributed by atoms with E-state index in [2.05, 4.69) is 10.2 Å². The van der Waals surface area contributed by atoms with Gasteiger partial charge in [-0.15, -0.1) is 0 Å². The van der Waals surface area contributed by atoms with E-state index in [-0.39, 0.29) is 37.6 Å². The zero-order valence-corrected chi connectivity index (χ0v) is 15.6. The lowest BCUT2D eigenvalue weighted by atomic mass is 10.1. The third kappa shape index (κ3) is 12.9. The minimum absolute atomic E-state index is 0.0381. The van der Waals surface area contributed by atoms with Crippen LogP contribution in [-0.2, 0) is 19.1 Å². The molecule has 0 saturated heterocycles. The van der Waals surface area contributed by atoms with Crippen LogP contribution in [0.2, 0.25) is 0 Å². The summed E-state index contributed by atoms with van der Waals surface area (Å²) in [6.07, 6.45) is 2.78. The molecule has 0 radical (unpaired) electrons. The number of hydrogen-bond donors (Lipinski definition) is 0. The summed E-state index contributed by atoms with van der Waals surface area (Å²) in [5, 5.41) is 25.8. The molecule has 0 aliphatic carbocycles. The molecule has 144 valence electrons. The molecule has 0 aliphatic rings. The van der Waals surface area contributed by atoms with Gasteiger partial charge in [0.2, 0.25) is 0 Å². The maximum atomic E-state index is 11.8. The number of carbonyl (C=O) groups excluding carboxylic acids is 2. The quantitative estimate of drug-likeness (QED) is 0.343. The second-order valence-electron chi connectivity index (χ2n) is 5.78. The number of nitrogens with zero attached hydrogens (tertiary/aromatic N) is 4. The van der Waals surface area contributed by atoms with Crippen molar-refractivity contribution >= 4 is 11.9 Å². The molecule has 26 heavy (non-hydrogen) atoms. The van der Waals surface area contributed by atoms with Gasteiger partial charge < -0.3 is 9.47 Å². The number of ether oxygens (including phenoxy) is 2. The van der Waals surface area contributed by atoms with Gasteiger partial charge in [-0.2, -0.15) is 20.8 Å². The lowest BCUT2D eigenvalue weighted by Crippen LogP contribution is -2.17. The summed E-state index contributed by atoms with van der Waals surface area (Å²) < 4.78 is 10.1. The van der Waals surface area contributed by atoms with Crippen LogP contribution in [0.1, 0.15) is 65.2 Å². The van der Waals surface area contributed by atoms with Gasteiger partial charge in [0.1, 0.15) is 0 Å². The monoisotopic (exact) mass is 364 g/mol. The smallest absolute Gasteiger partial charge is 0.308 e. The average molecular weight is 364 g/mol. The summed E-state index contributed by atoms with van der Waals surface area (Å²) in [6.45, 7) is 4.49. The van der Waals surface area contributed by atoms with Crippen LogP contribution in [0.15, 0.2) is 10.2 Å². The molecule has 0 fully saturated rings. The standard InChI is InChI=1S/C18H28N4O4/c1-3-11-25-17(23)13-15(7-5-9-19)21-22-16(8-6-10-20)14-18(24)26-12-4-2/h15-16H,3-8,11-14H2,1-2H3. The third-order valence-electron chi connectivity index (χ3n) is 3.31. The number of carbonyl (C=O) groups is 2. The lowest BCUT2D eigenvalue weighted by molar-refractivity contribution is -0.145. The van der Waals surface area contributed by atoms with Crippen molar-refractivity contribution < 1.29 is 19.1 Å². The number of hydrogen-bond acceptors (Lipinski definition) is 8. The molecule has 0 aromatic carbocycles. The fourth-order valence-corrected chi connectivity index (χ4v) is 1.99. The Bertz CT molecular complexity index is 476. The molecule has 0 amide bonds. The molecule has 0 heterocycles. The topological polar surface area (TPSA) is 125 Å². The highest BCUT2D eigenvalue weighted by Crippen LogP contribution is 2.14. The van der Waals surface area contributed by atoms with Crippen LogP contribution in [0.3, 0.4) is 0 Å². The Balaban J connectivity index is 4.83. The van der Waals surface area contributed by atoms with Gasteiger partial charge in [0.25, 0.3) is 0 Å². The van der Waals surface area contributed by atoms with Crippen LogP contribution in [0.25, 0.3) is 0 Å². The molecule has 0 saturated carbocycles. The van der Waals surface area contributed by atoms with E-state index in [0.717, 1.165) is 12.8 Å². The average Bonchev–Trinajstić information content (AvgIpc) is 2.64. The van der Waals surface area contributed by atoms with Gasteiger partial charge >= 0.3 is 11.9 Å². The van der Waals surface area contributed by atoms with E-state index in [4.69, 9.17) is 20.0 Å². The van der Waals surface area contributed by atoms with Crippen molar-refractivity contribution in [3.8, 4) is 12.1 Å². The molecule has 8 nitrogen and oxygen atoms in total. The summed E-state index contributed by atoms with van der Waals surface area (Å²) in [6, 6.07) is 3.09. The summed E-state index contributed by atoms with van der Waals surface area (Å²) in [5.74, 6) is -0.769. The Morgan fingerprint density at radius 1 is 0.846 bits per heavy atom. The molecule has 2 atom stereocenters. The van der Waals surface area contributed by atoms with Gasteiger partial charge in [0, 0.05) is 12.8 Å². The predicted octanol–water partition coefficient (Wildman–Crippen LogP) is 3.47. The van der Waals surface area contributed by atoms with Gasteiger partial charge in [-0.05, 0) is 25.7 Å². The van der Waals surface area contributed by atoms with Crippen LogP contribution in [0, 0.1) is 22.7 Å². The molecule has 0 rings (SSSR count). The SMILES string of the molecule is CCCOC(=O)CC(CCC#N)N=NC(CCC#N)CC(=O)OCCC. The summed E-state index contributed by atoms with van der Waals surface area (Å²) in [7, 11) is 0. The number of rotatable bonds is 14. The Morgan fingerprint density at radius 3 is 1.54 bits per heavy atom.